The van der Waals surface area contributed by atoms with E-state index >= 15 is 0 Å². The van der Waals surface area contributed by atoms with Crippen molar-refractivity contribution in [2.24, 2.45) is 5.73 Å². The number of nitrogens with two attached hydrogens (primary N) is 1. The molecule has 1 heterocycles. The zero-order valence-corrected chi connectivity index (χ0v) is 13.5. The molecule has 0 aliphatic carbocycles. The fraction of sp³-hybridized carbons (Fsp3) is 0.286. The third-order valence-electron chi connectivity index (χ3n) is 2.90. The number of carbonyl (C=O) groups excluding carboxylic acids is 1. The molecule has 0 atom stereocenters. The highest BCUT2D eigenvalue weighted by Gasteiger charge is 2.32. The molecule has 0 bridgehead atoms. The molecule has 4 nitrogen and oxygen atoms in total. The van der Waals surface area contributed by atoms with Crippen molar-refractivity contribution in [2.45, 2.75) is 19.1 Å². The van der Waals surface area contributed by atoms with Crippen LogP contribution in [0.15, 0.2) is 29.6 Å². The molecule has 0 saturated carbocycles. The van der Waals surface area contributed by atoms with Crippen molar-refractivity contribution >= 4 is 29.7 Å². The number of hydrogen-bond acceptors (Lipinski definition) is 4. The van der Waals surface area contributed by atoms with Crippen LogP contribution >= 0.6 is 23.7 Å². The number of alkyl halides is 3. The van der Waals surface area contributed by atoms with Crippen LogP contribution in [0.25, 0.3) is 0 Å². The predicted molar refractivity (Wildman–Crippen MR) is 84.7 cm³/mol. The molecule has 2 aromatic rings. The van der Waals surface area contributed by atoms with E-state index in [0.29, 0.717) is 13.0 Å². The Balaban J connectivity index is 0.00000264. The summed E-state index contributed by atoms with van der Waals surface area (Å²) < 4.78 is 38.5. The van der Waals surface area contributed by atoms with Crippen molar-refractivity contribution in [3.05, 3.63) is 51.5 Å². The molecule has 0 fully saturated rings. The number of halogens is 4. The molecule has 0 radical (unpaired) electrons. The maximum Gasteiger partial charge on any atom is 0.416 e. The monoisotopic (exact) mass is 365 g/mol. The van der Waals surface area contributed by atoms with Crippen LogP contribution in [0.5, 0.6) is 0 Å². The third-order valence-corrected chi connectivity index (χ3v) is 3.81. The summed E-state index contributed by atoms with van der Waals surface area (Å²) in [5, 5.41) is 4.75. The smallest absolute Gasteiger partial charge is 0.347 e. The summed E-state index contributed by atoms with van der Waals surface area (Å²) in [6.07, 6.45) is -3.88. The van der Waals surface area contributed by atoms with Gasteiger partial charge in [-0.25, -0.2) is 4.98 Å². The summed E-state index contributed by atoms with van der Waals surface area (Å²) in [5.74, 6) is -0.503. The average Bonchev–Trinajstić information content (AvgIpc) is 2.93. The van der Waals surface area contributed by atoms with Crippen LogP contribution in [0.2, 0.25) is 0 Å². The van der Waals surface area contributed by atoms with Crippen molar-refractivity contribution in [1.29, 1.82) is 0 Å². The first-order valence-corrected chi connectivity index (χ1v) is 7.37. The van der Waals surface area contributed by atoms with Crippen LogP contribution < -0.4 is 11.1 Å². The predicted octanol–water partition coefficient (Wildman–Crippen LogP) is 3.01. The van der Waals surface area contributed by atoms with Gasteiger partial charge < -0.3 is 11.1 Å². The minimum atomic E-state index is -4.45. The second-order valence-corrected chi connectivity index (χ2v) is 5.45. The van der Waals surface area contributed by atoms with Crippen LogP contribution in [0, 0.1) is 0 Å². The first-order valence-electron chi connectivity index (χ1n) is 6.49. The van der Waals surface area contributed by atoms with E-state index in [1.54, 1.807) is 5.38 Å². The molecule has 0 saturated heterocycles. The van der Waals surface area contributed by atoms with Gasteiger partial charge in [0.1, 0.15) is 5.69 Å². The zero-order valence-electron chi connectivity index (χ0n) is 11.9. The van der Waals surface area contributed by atoms with Crippen molar-refractivity contribution < 1.29 is 18.0 Å². The molecule has 2 rings (SSSR count). The van der Waals surface area contributed by atoms with E-state index in [1.807, 2.05) is 0 Å². The number of nitrogens with one attached hydrogen (secondary N) is 1. The van der Waals surface area contributed by atoms with Crippen LogP contribution in [-0.4, -0.2) is 17.4 Å². The van der Waals surface area contributed by atoms with Gasteiger partial charge >= 0.3 is 6.18 Å². The number of amides is 1. The van der Waals surface area contributed by atoms with E-state index in [2.05, 4.69) is 10.3 Å². The molecule has 126 valence electrons. The van der Waals surface area contributed by atoms with Gasteiger partial charge in [0.2, 0.25) is 0 Å². The second-order valence-electron chi connectivity index (χ2n) is 4.50. The van der Waals surface area contributed by atoms with E-state index in [9.17, 15) is 18.0 Å². The molecule has 0 spiro atoms. The minimum Gasteiger partial charge on any atom is -0.347 e. The van der Waals surface area contributed by atoms with E-state index in [4.69, 9.17) is 5.73 Å². The lowest BCUT2D eigenvalue weighted by atomic mass is 10.1. The van der Waals surface area contributed by atoms with Crippen LogP contribution in [-0.2, 0) is 19.1 Å². The van der Waals surface area contributed by atoms with Crippen LogP contribution in [0.1, 0.15) is 26.6 Å². The van der Waals surface area contributed by atoms with Gasteiger partial charge in [0.15, 0.2) is 0 Å². The molecule has 3 N–H and O–H groups in total. The second kappa shape index (κ2) is 8.28. The molecule has 0 aliphatic rings. The first kappa shape index (κ1) is 19.4. The largest absolute Gasteiger partial charge is 0.416 e. The van der Waals surface area contributed by atoms with Crippen LogP contribution in [0.3, 0.4) is 0 Å². The lowest BCUT2D eigenvalue weighted by Crippen LogP contribution is -2.24. The Labute approximate surface area is 141 Å². The van der Waals surface area contributed by atoms with Crippen molar-refractivity contribution in [2.75, 3.05) is 6.54 Å². The summed E-state index contributed by atoms with van der Waals surface area (Å²) in [7, 11) is 0. The normalized spacial score (nSPS) is 11.0. The highest BCUT2D eigenvalue weighted by Crippen LogP contribution is 2.31. The number of carbonyl (C=O) groups is 1. The highest BCUT2D eigenvalue weighted by molar-refractivity contribution is 7.09. The molecule has 0 aliphatic heterocycles. The van der Waals surface area contributed by atoms with Gasteiger partial charge in [-0.1, -0.05) is 18.2 Å². The molecular weight excluding hydrogens is 351 g/mol. The average molecular weight is 366 g/mol. The number of hydrogen-bond donors (Lipinski definition) is 2. The Morgan fingerprint density at radius 1 is 1.30 bits per heavy atom. The van der Waals surface area contributed by atoms with Crippen molar-refractivity contribution in [3.8, 4) is 0 Å². The number of aromatic nitrogens is 1. The van der Waals surface area contributed by atoms with E-state index < -0.39 is 17.6 Å². The fourth-order valence-electron chi connectivity index (χ4n) is 1.87. The molecule has 1 aromatic carbocycles. The Morgan fingerprint density at radius 3 is 2.65 bits per heavy atom. The summed E-state index contributed by atoms with van der Waals surface area (Å²) in [4.78, 5) is 16.0. The SMILES string of the molecule is Cl.NCCc1nc(C(=O)NCc2ccccc2C(F)(F)F)cs1. The fourth-order valence-corrected chi connectivity index (χ4v) is 2.66. The van der Waals surface area contributed by atoms with Gasteiger partial charge in [0.05, 0.1) is 10.6 Å². The van der Waals surface area contributed by atoms with E-state index in [1.165, 1.54) is 29.5 Å². The maximum absolute atomic E-state index is 12.8. The Morgan fingerprint density at radius 2 is 2.00 bits per heavy atom. The topological polar surface area (TPSA) is 68.0 Å². The number of thiazole rings is 1. The highest BCUT2D eigenvalue weighted by atomic mass is 35.5. The van der Waals surface area contributed by atoms with Crippen molar-refractivity contribution in [3.63, 3.8) is 0 Å². The molecule has 0 unspecified atom stereocenters. The van der Waals surface area contributed by atoms with Gasteiger partial charge in [-0.2, -0.15) is 13.2 Å². The summed E-state index contributed by atoms with van der Waals surface area (Å²) in [6, 6.07) is 5.14. The van der Waals surface area contributed by atoms with Gasteiger partial charge in [-0.15, -0.1) is 23.7 Å². The molecule has 1 aromatic heterocycles. The zero-order chi connectivity index (χ0) is 16.2. The van der Waals surface area contributed by atoms with Gasteiger partial charge in [-0.3, -0.25) is 4.79 Å². The summed E-state index contributed by atoms with van der Waals surface area (Å²) in [6.45, 7) is 0.214. The number of nitrogens with zero attached hydrogens (tertiary/aromatic N) is 1. The quantitative estimate of drug-likeness (QED) is 0.855. The van der Waals surface area contributed by atoms with Crippen molar-refractivity contribution in [1.82, 2.24) is 10.3 Å². The standard InChI is InChI=1S/C14H14F3N3OS.ClH/c15-14(16,17)10-4-2-1-3-9(10)7-19-13(21)11-8-22-12(20-11)5-6-18;/h1-4,8H,5-7,18H2,(H,19,21);1H. The Bertz CT molecular complexity index is 661. The summed E-state index contributed by atoms with van der Waals surface area (Å²) >= 11 is 1.30. The molecule has 1 amide bonds. The van der Waals surface area contributed by atoms with E-state index in [0.717, 1.165) is 11.1 Å². The molecule has 23 heavy (non-hydrogen) atoms. The van der Waals surface area contributed by atoms with Gasteiger partial charge in [-0.05, 0) is 18.2 Å². The Hall–Kier alpha value is -1.64. The third kappa shape index (κ3) is 5.19. The van der Waals surface area contributed by atoms with Gasteiger partial charge in [0, 0.05) is 18.3 Å². The molecular formula is C14H15ClF3N3OS. The number of rotatable bonds is 5. The summed E-state index contributed by atoms with van der Waals surface area (Å²) in [5.41, 5.74) is 4.85. The van der Waals surface area contributed by atoms with E-state index in [-0.39, 0.29) is 30.2 Å². The number of benzene rings is 1. The van der Waals surface area contributed by atoms with Gasteiger partial charge in [0.25, 0.3) is 5.91 Å². The maximum atomic E-state index is 12.8. The minimum absolute atomic E-state index is 0. The van der Waals surface area contributed by atoms with Crippen LogP contribution in [0.4, 0.5) is 13.2 Å². The first-order chi connectivity index (χ1) is 10.4. The lowest BCUT2D eigenvalue weighted by Gasteiger charge is -2.12. The molecule has 9 heteroatoms. The lowest BCUT2D eigenvalue weighted by molar-refractivity contribution is -0.138. The Kier molecular flexibility index (Phi) is 6.99.